The van der Waals surface area contributed by atoms with Crippen LogP contribution >= 0.6 is 34.8 Å². The van der Waals surface area contributed by atoms with Gasteiger partial charge in [0.25, 0.3) is 5.97 Å². The first-order valence-electron chi connectivity index (χ1n) is 17.3. The van der Waals surface area contributed by atoms with Gasteiger partial charge in [0.15, 0.2) is 3.79 Å². The Bertz CT molecular complexity index is 496. The first-order valence-corrected chi connectivity index (χ1v) is 18.5. The van der Waals surface area contributed by atoms with E-state index >= 15 is 0 Å². The molecule has 0 heterocycles. The van der Waals surface area contributed by atoms with E-state index in [9.17, 15) is 0 Å². The van der Waals surface area contributed by atoms with Crippen molar-refractivity contribution in [2.24, 2.45) is 5.92 Å². The van der Waals surface area contributed by atoms with Crippen LogP contribution in [0.25, 0.3) is 0 Å². The predicted molar refractivity (Wildman–Crippen MR) is 178 cm³/mol. The van der Waals surface area contributed by atoms with Crippen LogP contribution < -0.4 is 0 Å². The summed E-state index contributed by atoms with van der Waals surface area (Å²) in [5, 5.41) is 0. The minimum Gasteiger partial charge on any atom is -0.328 e. The van der Waals surface area contributed by atoms with Crippen molar-refractivity contribution in [3.8, 4) is 0 Å². The number of halogens is 3. The summed E-state index contributed by atoms with van der Waals surface area (Å²) in [6.45, 7) is 10.3. The number of unbranched alkanes of at least 4 members (excludes halogenated alkanes) is 19. The first kappa shape index (κ1) is 40.8. The minimum atomic E-state index is -1.07. The molecule has 0 spiro atoms. The zero-order chi connectivity index (χ0) is 29.8. The lowest BCUT2D eigenvalue weighted by atomic mass is 9.91. The van der Waals surface area contributed by atoms with E-state index in [2.05, 4.69) is 6.92 Å². The summed E-state index contributed by atoms with van der Waals surface area (Å²) in [5.74, 6) is -0.562. The Labute approximate surface area is 265 Å². The molecule has 0 rings (SSSR count). The van der Waals surface area contributed by atoms with Gasteiger partial charge in [-0.1, -0.05) is 170 Å². The lowest BCUT2D eigenvalue weighted by Gasteiger charge is -2.39. The van der Waals surface area contributed by atoms with E-state index < -0.39 is 9.77 Å². The zero-order valence-electron chi connectivity index (χ0n) is 27.0. The molecule has 0 aromatic carbocycles. The third kappa shape index (κ3) is 24.2. The molecule has 6 heteroatoms. The highest BCUT2D eigenvalue weighted by molar-refractivity contribution is 6.67. The van der Waals surface area contributed by atoms with Gasteiger partial charge >= 0.3 is 0 Å². The Hall–Kier alpha value is 0.750. The summed E-state index contributed by atoms with van der Waals surface area (Å²) in [6.07, 6.45) is 30.5. The first-order chi connectivity index (χ1) is 19.3. The molecule has 0 aliphatic rings. The van der Waals surface area contributed by atoms with Gasteiger partial charge < -0.3 is 14.2 Å². The van der Waals surface area contributed by atoms with Crippen LogP contribution in [0.5, 0.6) is 0 Å². The van der Waals surface area contributed by atoms with Gasteiger partial charge in [0, 0.05) is 25.7 Å². The molecule has 0 aromatic rings. The van der Waals surface area contributed by atoms with Gasteiger partial charge in [-0.2, -0.15) is 0 Å². The topological polar surface area (TPSA) is 27.7 Å². The van der Waals surface area contributed by atoms with E-state index in [0.29, 0.717) is 32.2 Å². The van der Waals surface area contributed by atoms with Crippen LogP contribution in [0.4, 0.5) is 0 Å². The van der Waals surface area contributed by atoms with Gasteiger partial charge in [-0.05, 0) is 46.5 Å². The Kier molecular flexibility index (Phi) is 29.1. The largest absolute Gasteiger partial charge is 0.328 e. The third-order valence-corrected chi connectivity index (χ3v) is 8.52. The van der Waals surface area contributed by atoms with Gasteiger partial charge in [-0.3, -0.25) is 0 Å². The monoisotopic (exact) mass is 628 g/mol. The predicted octanol–water partition coefficient (Wildman–Crippen LogP) is 13.1. The van der Waals surface area contributed by atoms with Crippen molar-refractivity contribution in [2.75, 3.05) is 19.8 Å². The van der Waals surface area contributed by atoms with Crippen LogP contribution in [0.1, 0.15) is 182 Å². The number of hydrogen-bond donors (Lipinski definition) is 0. The van der Waals surface area contributed by atoms with E-state index in [1.807, 2.05) is 20.8 Å². The molecule has 0 aliphatic heterocycles. The highest BCUT2D eigenvalue weighted by Gasteiger charge is 2.41. The summed E-state index contributed by atoms with van der Waals surface area (Å²) in [5.41, 5.74) is 0. The lowest BCUT2D eigenvalue weighted by Crippen LogP contribution is -2.46. The summed E-state index contributed by atoms with van der Waals surface area (Å²) < 4.78 is 17.5. The number of ether oxygens (including phenoxy) is 3. The van der Waals surface area contributed by atoms with Gasteiger partial charge in [-0.15, -0.1) is 0 Å². The van der Waals surface area contributed by atoms with Gasteiger partial charge in [0.05, 0.1) is 0 Å². The lowest BCUT2D eigenvalue weighted by molar-refractivity contribution is -0.403. The minimum absolute atomic E-state index is 0.305. The molecule has 0 aliphatic carbocycles. The summed E-state index contributed by atoms with van der Waals surface area (Å²) in [4.78, 5) is 0. The fraction of sp³-hybridized carbons (Fsp3) is 1.00. The second-order valence-electron chi connectivity index (χ2n) is 11.6. The maximum absolute atomic E-state index is 6.20. The second-order valence-corrected chi connectivity index (χ2v) is 14.1. The fourth-order valence-electron chi connectivity index (χ4n) is 5.77. The Balaban J connectivity index is 4.06. The summed E-state index contributed by atoms with van der Waals surface area (Å²) in [6, 6.07) is 0. The molecule has 0 radical (unpaired) electrons. The van der Waals surface area contributed by atoms with E-state index in [-0.39, 0.29) is 0 Å². The molecule has 0 fully saturated rings. The molecule has 1 atom stereocenters. The van der Waals surface area contributed by atoms with Gasteiger partial charge in [0.1, 0.15) is 0 Å². The zero-order valence-corrected chi connectivity index (χ0v) is 29.3. The van der Waals surface area contributed by atoms with Crippen LogP contribution in [-0.4, -0.2) is 29.6 Å². The summed E-state index contributed by atoms with van der Waals surface area (Å²) in [7, 11) is 0. The highest BCUT2D eigenvalue weighted by atomic mass is 35.6. The number of alkyl halides is 3. The molecule has 0 aromatic heterocycles. The SMILES string of the molecule is CCCCCCCCC(CCCCCCCCCCCCCCCCCC(Cl)(Cl)Cl)C(OCC)(OCC)OCC. The molecule has 1 unspecified atom stereocenters. The van der Waals surface area contributed by atoms with Crippen LogP contribution in [0.2, 0.25) is 0 Å². The van der Waals surface area contributed by atoms with Crippen LogP contribution in [0, 0.1) is 5.92 Å². The molecule has 0 saturated carbocycles. The second kappa shape index (κ2) is 28.5. The molecule has 0 amide bonds. The summed E-state index contributed by atoms with van der Waals surface area (Å²) >= 11 is 17.4. The molecule has 0 N–H and O–H groups in total. The van der Waals surface area contributed by atoms with Crippen LogP contribution in [0.15, 0.2) is 0 Å². The van der Waals surface area contributed by atoms with Crippen LogP contribution in [0.3, 0.4) is 0 Å². The molecular weight excluding hydrogens is 563 g/mol. The maximum Gasteiger partial charge on any atom is 0.285 e. The van der Waals surface area contributed by atoms with Crippen molar-refractivity contribution in [3.05, 3.63) is 0 Å². The van der Waals surface area contributed by atoms with Gasteiger partial charge in [-0.25, -0.2) is 0 Å². The molecule has 242 valence electrons. The Morgan fingerprint density at radius 2 is 0.725 bits per heavy atom. The number of hydrogen-bond acceptors (Lipinski definition) is 3. The normalized spacial score (nSPS) is 13.3. The number of rotatable bonds is 31. The molecule has 0 saturated heterocycles. The van der Waals surface area contributed by atoms with E-state index in [1.165, 1.54) is 128 Å². The smallest absolute Gasteiger partial charge is 0.285 e. The van der Waals surface area contributed by atoms with Crippen molar-refractivity contribution in [2.45, 2.75) is 192 Å². The standard InChI is InChI=1S/C34H67Cl3O3/c1-5-9-10-11-23-26-29-32(34(38-6-2,39-7-3)40-8-4)30-27-24-21-19-17-15-13-12-14-16-18-20-22-25-28-31-33(35,36)37/h32H,5-31H2,1-4H3. The third-order valence-electron chi connectivity index (χ3n) is 7.96. The van der Waals surface area contributed by atoms with E-state index in [0.717, 1.165) is 19.3 Å². The fourth-order valence-corrected chi connectivity index (χ4v) is 6.17. The van der Waals surface area contributed by atoms with Crippen molar-refractivity contribution >= 4 is 34.8 Å². The van der Waals surface area contributed by atoms with Crippen molar-refractivity contribution < 1.29 is 14.2 Å². The molecule has 40 heavy (non-hydrogen) atoms. The van der Waals surface area contributed by atoms with Crippen molar-refractivity contribution in [3.63, 3.8) is 0 Å². The van der Waals surface area contributed by atoms with E-state index in [4.69, 9.17) is 49.0 Å². The van der Waals surface area contributed by atoms with E-state index in [1.54, 1.807) is 0 Å². The van der Waals surface area contributed by atoms with Crippen molar-refractivity contribution in [1.29, 1.82) is 0 Å². The molecule has 3 nitrogen and oxygen atoms in total. The van der Waals surface area contributed by atoms with Crippen LogP contribution in [-0.2, 0) is 14.2 Å². The highest BCUT2D eigenvalue weighted by Crippen LogP contribution is 2.35. The van der Waals surface area contributed by atoms with Gasteiger partial charge in [0.2, 0.25) is 0 Å². The average molecular weight is 630 g/mol. The Morgan fingerprint density at radius 3 is 1.02 bits per heavy atom. The molecular formula is C34H67Cl3O3. The Morgan fingerprint density at radius 1 is 0.425 bits per heavy atom. The maximum atomic E-state index is 6.20. The average Bonchev–Trinajstić information content (AvgIpc) is 2.90. The quantitative estimate of drug-likeness (QED) is 0.0434. The molecule has 0 bridgehead atoms. The van der Waals surface area contributed by atoms with Crippen molar-refractivity contribution in [1.82, 2.24) is 0 Å².